The van der Waals surface area contributed by atoms with Crippen LogP contribution in [0.1, 0.15) is 24.8 Å². The summed E-state index contributed by atoms with van der Waals surface area (Å²) in [5.74, 6) is -1.13. The maximum Gasteiger partial charge on any atom is 0.312 e. The van der Waals surface area contributed by atoms with E-state index in [1.54, 1.807) is 4.90 Å². The number of benzene rings is 1. The van der Waals surface area contributed by atoms with Crippen molar-refractivity contribution < 1.29 is 14.4 Å². The van der Waals surface area contributed by atoms with Gasteiger partial charge < -0.3 is 20.4 Å². The predicted octanol–water partition coefficient (Wildman–Crippen LogP) is 1.91. The summed E-state index contributed by atoms with van der Waals surface area (Å²) in [6, 6.07) is 5.64. The molecular weight excluding hydrogens is 404 g/mol. The van der Waals surface area contributed by atoms with E-state index in [2.05, 4.69) is 15.5 Å². The number of carbonyl (C=O) groups excluding carboxylic acids is 3. The molecule has 4 rings (SSSR count). The Hall–Kier alpha value is -2.80. The molecule has 0 saturated carbocycles. The number of carbonyl (C=O) groups is 3. The van der Waals surface area contributed by atoms with Crippen LogP contribution in [0.2, 0.25) is 5.02 Å². The Morgan fingerprint density at radius 3 is 2.70 bits per heavy atom. The highest BCUT2D eigenvalue weighted by Crippen LogP contribution is 2.25. The van der Waals surface area contributed by atoms with Gasteiger partial charge in [-0.25, -0.2) is 0 Å². The zero-order chi connectivity index (χ0) is 21.3. The van der Waals surface area contributed by atoms with E-state index in [9.17, 15) is 14.4 Å². The van der Waals surface area contributed by atoms with E-state index in [1.165, 1.54) is 0 Å². The second-order valence-corrected chi connectivity index (χ2v) is 8.31. The van der Waals surface area contributed by atoms with Crippen LogP contribution in [0.15, 0.2) is 41.6 Å². The molecule has 30 heavy (non-hydrogen) atoms. The fourth-order valence-corrected chi connectivity index (χ4v) is 4.21. The fraction of sp³-hybridized carbons (Fsp3) is 0.409. The zero-order valence-corrected chi connectivity index (χ0v) is 17.7. The van der Waals surface area contributed by atoms with Crippen molar-refractivity contribution in [2.24, 2.45) is 0 Å². The van der Waals surface area contributed by atoms with Crippen molar-refractivity contribution in [3.05, 3.63) is 52.2 Å². The van der Waals surface area contributed by atoms with Crippen LogP contribution >= 0.6 is 11.6 Å². The molecule has 0 spiro atoms. The van der Waals surface area contributed by atoms with Crippen molar-refractivity contribution >= 4 is 35.0 Å². The predicted molar refractivity (Wildman–Crippen MR) is 115 cm³/mol. The maximum atomic E-state index is 12.7. The topological polar surface area (TPSA) is 81.8 Å². The smallest absolute Gasteiger partial charge is 0.312 e. The number of hydrogen-bond donors (Lipinski definition) is 2. The zero-order valence-electron chi connectivity index (χ0n) is 16.9. The normalized spacial score (nSPS) is 21.3. The number of rotatable bonds is 2. The molecular formula is C22H25ClN4O3. The number of aryl methyl sites for hydroxylation is 1. The first kappa shape index (κ1) is 20.5. The van der Waals surface area contributed by atoms with E-state index in [0.29, 0.717) is 39.0 Å². The van der Waals surface area contributed by atoms with Crippen molar-refractivity contribution in [2.45, 2.75) is 32.2 Å². The average Bonchev–Trinajstić information content (AvgIpc) is 2.97. The third-order valence-corrected chi connectivity index (χ3v) is 6.21. The lowest BCUT2D eigenvalue weighted by atomic mass is 10.1. The molecule has 2 fully saturated rings. The van der Waals surface area contributed by atoms with E-state index in [-0.39, 0.29) is 11.9 Å². The van der Waals surface area contributed by atoms with Crippen LogP contribution in [0, 0.1) is 6.92 Å². The first-order chi connectivity index (χ1) is 14.4. The van der Waals surface area contributed by atoms with Crippen molar-refractivity contribution in [1.29, 1.82) is 0 Å². The Kier molecular flexibility index (Phi) is 5.81. The van der Waals surface area contributed by atoms with Crippen LogP contribution in [0.3, 0.4) is 0 Å². The lowest BCUT2D eigenvalue weighted by Crippen LogP contribution is -2.53. The van der Waals surface area contributed by atoms with Crippen LogP contribution in [0.5, 0.6) is 0 Å². The van der Waals surface area contributed by atoms with Gasteiger partial charge in [-0.3, -0.25) is 14.4 Å². The third-order valence-electron chi connectivity index (χ3n) is 5.78. The van der Waals surface area contributed by atoms with Gasteiger partial charge in [-0.15, -0.1) is 0 Å². The van der Waals surface area contributed by atoms with Gasteiger partial charge in [0.2, 0.25) is 5.91 Å². The standard InChI is InChI=1S/C22H25ClN4O3/c1-14-11-17(5-6-18(14)23)26-7-9-27(10-8-26)22(30)21(29)24-16-3-2-4-19-15(12-16)13-20(28)25-19/h4-6,11-12,16H,2-3,7-10,13H2,1H3,(H,24,29)(H,25,28). The summed E-state index contributed by atoms with van der Waals surface area (Å²) in [4.78, 5) is 40.6. The summed E-state index contributed by atoms with van der Waals surface area (Å²) in [5, 5.41) is 6.39. The number of amides is 3. The average molecular weight is 429 g/mol. The Bertz CT molecular complexity index is 948. The molecule has 1 aromatic rings. The molecule has 1 atom stereocenters. The molecule has 1 aliphatic carbocycles. The minimum absolute atomic E-state index is 0.0377. The van der Waals surface area contributed by atoms with Gasteiger partial charge in [0.15, 0.2) is 0 Å². The minimum atomic E-state index is -0.589. The quantitative estimate of drug-likeness (QED) is 0.705. The highest BCUT2D eigenvalue weighted by molar-refractivity contribution is 6.35. The number of fused-ring (bicyclic) bond motifs is 1. The van der Waals surface area contributed by atoms with Crippen LogP contribution < -0.4 is 15.5 Å². The Morgan fingerprint density at radius 1 is 1.20 bits per heavy atom. The van der Waals surface area contributed by atoms with E-state index in [4.69, 9.17) is 11.6 Å². The van der Waals surface area contributed by atoms with E-state index in [0.717, 1.165) is 34.0 Å². The highest BCUT2D eigenvalue weighted by atomic mass is 35.5. The molecule has 0 aromatic heterocycles. The Balaban J connectivity index is 1.32. The summed E-state index contributed by atoms with van der Waals surface area (Å²) >= 11 is 6.10. The monoisotopic (exact) mass is 428 g/mol. The van der Waals surface area contributed by atoms with E-state index < -0.39 is 11.8 Å². The largest absolute Gasteiger partial charge is 0.368 e. The summed E-state index contributed by atoms with van der Waals surface area (Å²) in [7, 11) is 0. The number of hydrogen-bond acceptors (Lipinski definition) is 4. The van der Waals surface area contributed by atoms with E-state index >= 15 is 0 Å². The summed E-state index contributed by atoms with van der Waals surface area (Å²) < 4.78 is 0. The third kappa shape index (κ3) is 4.36. The molecule has 2 saturated heterocycles. The molecule has 158 valence electrons. The fourth-order valence-electron chi connectivity index (χ4n) is 4.09. The van der Waals surface area contributed by atoms with Gasteiger partial charge in [-0.05, 0) is 49.1 Å². The minimum Gasteiger partial charge on any atom is -0.368 e. The SMILES string of the molecule is Cc1cc(N2CCN(C(=O)C(=O)NC3C=C4CC(=O)NC4=CCC3)CC2)ccc1Cl. The highest BCUT2D eigenvalue weighted by Gasteiger charge is 2.29. The van der Waals surface area contributed by atoms with Gasteiger partial charge in [0.1, 0.15) is 0 Å². The number of piperazine rings is 1. The second kappa shape index (κ2) is 8.52. The van der Waals surface area contributed by atoms with Gasteiger partial charge in [0, 0.05) is 48.6 Å². The van der Waals surface area contributed by atoms with E-state index in [1.807, 2.05) is 37.3 Å². The Morgan fingerprint density at radius 2 is 1.97 bits per heavy atom. The van der Waals surface area contributed by atoms with Crippen LogP contribution in [-0.2, 0) is 14.4 Å². The number of allylic oxidation sites excluding steroid dienone is 2. The lowest BCUT2D eigenvalue weighted by Gasteiger charge is -2.36. The summed E-state index contributed by atoms with van der Waals surface area (Å²) in [6.45, 7) is 4.27. The molecule has 3 aliphatic rings. The van der Waals surface area contributed by atoms with Gasteiger partial charge in [-0.1, -0.05) is 23.8 Å². The Labute approximate surface area is 180 Å². The van der Waals surface area contributed by atoms with Crippen molar-refractivity contribution in [3.8, 4) is 0 Å². The van der Waals surface area contributed by atoms with Crippen molar-refractivity contribution in [3.63, 3.8) is 0 Å². The molecule has 7 nitrogen and oxygen atoms in total. The molecule has 1 unspecified atom stereocenters. The summed E-state index contributed by atoms with van der Waals surface area (Å²) in [6.07, 6.45) is 5.61. The maximum absolute atomic E-state index is 12.7. The van der Waals surface area contributed by atoms with Crippen LogP contribution in [0.4, 0.5) is 5.69 Å². The molecule has 8 heteroatoms. The lowest BCUT2D eigenvalue weighted by molar-refractivity contribution is -0.146. The second-order valence-electron chi connectivity index (χ2n) is 7.90. The summed E-state index contributed by atoms with van der Waals surface area (Å²) in [5.41, 5.74) is 3.81. The van der Waals surface area contributed by atoms with Gasteiger partial charge in [0.05, 0.1) is 6.42 Å². The molecule has 2 N–H and O–H groups in total. The number of nitrogens with one attached hydrogen (secondary N) is 2. The molecule has 1 aromatic carbocycles. The first-order valence-electron chi connectivity index (χ1n) is 10.2. The van der Waals surface area contributed by atoms with Crippen LogP contribution in [0.25, 0.3) is 0 Å². The molecule has 2 heterocycles. The van der Waals surface area contributed by atoms with Gasteiger partial charge in [-0.2, -0.15) is 0 Å². The number of halogens is 1. The molecule has 0 bridgehead atoms. The molecule has 2 aliphatic heterocycles. The molecule has 3 amide bonds. The van der Waals surface area contributed by atoms with Gasteiger partial charge in [0.25, 0.3) is 0 Å². The van der Waals surface area contributed by atoms with Crippen molar-refractivity contribution in [2.75, 3.05) is 31.1 Å². The van der Waals surface area contributed by atoms with Crippen molar-refractivity contribution in [1.82, 2.24) is 15.5 Å². The number of nitrogens with zero attached hydrogens (tertiary/aromatic N) is 2. The van der Waals surface area contributed by atoms with Gasteiger partial charge >= 0.3 is 11.8 Å². The number of anilines is 1. The van der Waals surface area contributed by atoms with Crippen LogP contribution in [-0.4, -0.2) is 54.8 Å². The molecule has 0 radical (unpaired) electrons. The first-order valence-corrected chi connectivity index (χ1v) is 10.6.